The van der Waals surface area contributed by atoms with Gasteiger partial charge in [-0.2, -0.15) is 13.2 Å². The number of hydrogen-bond donors (Lipinski definition) is 1. The second kappa shape index (κ2) is 7.40. The maximum atomic E-state index is 13.2. The first-order valence-corrected chi connectivity index (χ1v) is 9.36. The summed E-state index contributed by atoms with van der Waals surface area (Å²) in [5, 5.41) is 11.5. The van der Waals surface area contributed by atoms with Gasteiger partial charge in [0.15, 0.2) is 0 Å². The Balaban J connectivity index is 2.10. The van der Waals surface area contributed by atoms with Crippen LogP contribution in [0, 0.1) is 6.92 Å². The van der Waals surface area contributed by atoms with Crippen molar-refractivity contribution in [1.82, 2.24) is 4.90 Å². The van der Waals surface area contributed by atoms with E-state index < -0.39 is 29.8 Å². The van der Waals surface area contributed by atoms with Gasteiger partial charge in [-0.3, -0.25) is 9.69 Å². The molecule has 0 spiro atoms. The van der Waals surface area contributed by atoms with E-state index in [9.17, 15) is 23.1 Å². The summed E-state index contributed by atoms with van der Waals surface area (Å²) < 4.78 is 39.6. The monoisotopic (exact) mass is 383 g/mol. The van der Waals surface area contributed by atoms with Crippen LogP contribution in [0.5, 0.6) is 0 Å². The molecular weight excluding hydrogens is 363 g/mol. The van der Waals surface area contributed by atoms with Crippen molar-refractivity contribution in [3.63, 3.8) is 0 Å². The first kappa shape index (κ1) is 18.9. The molecule has 0 saturated carbocycles. The number of carboxylic acid groups (broad SMARTS) is 1. The summed E-state index contributed by atoms with van der Waals surface area (Å²) in [7, 11) is 0. The maximum absolute atomic E-state index is 13.2. The SMILES string of the molecule is Cc1ccsc1C(c1cccc(C(F)(F)F)c1)N1CCCCC1C(=O)O. The molecular formula is C19H20F3NO2S. The van der Waals surface area contributed by atoms with E-state index in [0.717, 1.165) is 35.4 Å². The standard InChI is InChI=1S/C19H20F3NO2S/c1-12-8-10-26-17(12)16(23-9-3-2-7-15(23)18(24)25)13-5-4-6-14(11-13)19(20,21)22/h4-6,8,10-11,15-16H,2-3,7,9H2,1H3,(H,24,25). The fraction of sp³-hybridized carbons (Fsp3) is 0.421. The minimum absolute atomic E-state index is 0.485. The normalized spacial score (nSPS) is 20.1. The van der Waals surface area contributed by atoms with Gasteiger partial charge in [0, 0.05) is 4.88 Å². The molecule has 1 N–H and O–H groups in total. The number of carbonyl (C=O) groups is 1. The van der Waals surface area contributed by atoms with Crippen LogP contribution in [0.1, 0.15) is 46.9 Å². The first-order valence-electron chi connectivity index (χ1n) is 8.48. The Kier molecular flexibility index (Phi) is 5.39. The van der Waals surface area contributed by atoms with E-state index in [0.29, 0.717) is 18.5 Å². The highest BCUT2D eigenvalue weighted by atomic mass is 32.1. The second-order valence-corrected chi connectivity index (χ2v) is 7.53. The van der Waals surface area contributed by atoms with E-state index in [2.05, 4.69) is 0 Å². The lowest BCUT2D eigenvalue weighted by Crippen LogP contribution is -2.46. The van der Waals surface area contributed by atoms with Gasteiger partial charge in [0.2, 0.25) is 0 Å². The Hall–Kier alpha value is -1.86. The number of benzene rings is 1. The van der Waals surface area contributed by atoms with Crippen LogP contribution in [-0.2, 0) is 11.0 Å². The molecule has 0 radical (unpaired) electrons. The maximum Gasteiger partial charge on any atom is 0.416 e. The molecule has 1 aliphatic rings. The summed E-state index contributed by atoms with van der Waals surface area (Å²) in [5.74, 6) is -0.920. The predicted octanol–water partition coefficient (Wildman–Crippen LogP) is 5.10. The Labute approximate surface area is 154 Å². The third-order valence-corrected chi connectivity index (χ3v) is 5.91. The molecule has 7 heteroatoms. The van der Waals surface area contributed by atoms with E-state index in [-0.39, 0.29) is 0 Å². The quantitative estimate of drug-likeness (QED) is 0.798. The number of halogens is 3. The molecule has 1 aromatic carbocycles. The van der Waals surface area contributed by atoms with Crippen LogP contribution in [0.25, 0.3) is 0 Å². The van der Waals surface area contributed by atoms with Crippen LogP contribution in [-0.4, -0.2) is 28.6 Å². The third-order valence-electron chi connectivity index (χ3n) is 4.84. The fourth-order valence-electron chi connectivity index (χ4n) is 3.57. The molecule has 3 nitrogen and oxygen atoms in total. The summed E-state index contributed by atoms with van der Waals surface area (Å²) in [6.45, 7) is 2.46. The summed E-state index contributed by atoms with van der Waals surface area (Å²) in [6.07, 6.45) is -2.27. The Morgan fingerprint density at radius 2 is 2.08 bits per heavy atom. The number of carboxylic acids is 1. The van der Waals surface area contributed by atoms with Gasteiger partial charge in [0.25, 0.3) is 0 Å². The van der Waals surface area contributed by atoms with Crippen molar-refractivity contribution in [2.45, 2.75) is 44.4 Å². The second-order valence-electron chi connectivity index (χ2n) is 6.58. The van der Waals surface area contributed by atoms with Crippen molar-refractivity contribution in [1.29, 1.82) is 0 Å². The molecule has 0 bridgehead atoms. The minimum atomic E-state index is -4.43. The smallest absolute Gasteiger partial charge is 0.416 e. The molecule has 26 heavy (non-hydrogen) atoms. The van der Waals surface area contributed by atoms with Crippen LogP contribution in [0.15, 0.2) is 35.7 Å². The molecule has 0 amide bonds. The number of piperidine rings is 1. The van der Waals surface area contributed by atoms with E-state index in [4.69, 9.17) is 0 Å². The molecule has 1 fully saturated rings. The van der Waals surface area contributed by atoms with Crippen molar-refractivity contribution >= 4 is 17.3 Å². The van der Waals surface area contributed by atoms with E-state index in [1.54, 1.807) is 6.07 Å². The summed E-state index contributed by atoms with van der Waals surface area (Å²) in [6, 6.07) is 5.99. The number of likely N-dealkylation sites (tertiary alicyclic amines) is 1. The predicted molar refractivity (Wildman–Crippen MR) is 94.3 cm³/mol. The zero-order valence-electron chi connectivity index (χ0n) is 14.3. The first-order chi connectivity index (χ1) is 12.3. The zero-order chi connectivity index (χ0) is 18.9. The Morgan fingerprint density at radius 3 is 2.69 bits per heavy atom. The number of aryl methyl sites for hydroxylation is 1. The molecule has 2 aromatic rings. The molecule has 2 atom stereocenters. The van der Waals surface area contributed by atoms with Gasteiger partial charge in [-0.25, -0.2) is 0 Å². The van der Waals surface area contributed by atoms with Gasteiger partial charge < -0.3 is 5.11 Å². The summed E-state index contributed by atoms with van der Waals surface area (Å²) in [5.41, 5.74) is 0.740. The van der Waals surface area contributed by atoms with Gasteiger partial charge in [-0.15, -0.1) is 11.3 Å². The zero-order valence-corrected chi connectivity index (χ0v) is 15.1. The molecule has 1 saturated heterocycles. The van der Waals surface area contributed by atoms with Crippen LogP contribution in [0.2, 0.25) is 0 Å². The molecule has 3 rings (SSSR count). The lowest BCUT2D eigenvalue weighted by Gasteiger charge is -2.39. The van der Waals surface area contributed by atoms with Crippen LogP contribution in [0.3, 0.4) is 0 Å². The van der Waals surface area contributed by atoms with Crippen molar-refractivity contribution in [3.8, 4) is 0 Å². The van der Waals surface area contributed by atoms with Gasteiger partial charge >= 0.3 is 12.1 Å². The number of nitrogens with zero attached hydrogens (tertiary/aromatic N) is 1. The average Bonchev–Trinajstić information content (AvgIpc) is 3.01. The van der Waals surface area contributed by atoms with Crippen LogP contribution in [0.4, 0.5) is 13.2 Å². The number of hydrogen-bond acceptors (Lipinski definition) is 3. The largest absolute Gasteiger partial charge is 0.480 e. The number of alkyl halides is 3. The Bertz CT molecular complexity index is 787. The number of rotatable bonds is 4. The molecule has 2 heterocycles. The van der Waals surface area contributed by atoms with Gasteiger partial charge in [0.1, 0.15) is 6.04 Å². The highest BCUT2D eigenvalue weighted by molar-refractivity contribution is 7.10. The average molecular weight is 383 g/mol. The van der Waals surface area contributed by atoms with Gasteiger partial charge in [-0.05, 0) is 61.0 Å². The van der Waals surface area contributed by atoms with Gasteiger partial charge in [0.05, 0.1) is 11.6 Å². The van der Waals surface area contributed by atoms with E-state index in [1.165, 1.54) is 17.4 Å². The van der Waals surface area contributed by atoms with Crippen molar-refractivity contribution in [2.75, 3.05) is 6.54 Å². The number of thiophene rings is 1. The summed E-state index contributed by atoms with van der Waals surface area (Å²) >= 11 is 1.46. The topological polar surface area (TPSA) is 40.5 Å². The Morgan fingerprint density at radius 1 is 1.31 bits per heavy atom. The molecule has 1 aliphatic heterocycles. The lowest BCUT2D eigenvalue weighted by molar-refractivity contribution is -0.145. The van der Waals surface area contributed by atoms with Crippen molar-refractivity contribution in [3.05, 3.63) is 57.3 Å². The van der Waals surface area contributed by atoms with E-state index >= 15 is 0 Å². The lowest BCUT2D eigenvalue weighted by atomic mass is 9.93. The molecule has 1 aromatic heterocycles. The van der Waals surface area contributed by atoms with Crippen LogP contribution >= 0.6 is 11.3 Å². The molecule has 0 aliphatic carbocycles. The summed E-state index contributed by atoms with van der Waals surface area (Å²) in [4.78, 5) is 14.5. The highest BCUT2D eigenvalue weighted by Gasteiger charge is 2.37. The molecule has 2 unspecified atom stereocenters. The minimum Gasteiger partial charge on any atom is -0.480 e. The van der Waals surface area contributed by atoms with E-state index in [1.807, 2.05) is 23.3 Å². The highest BCUT2D eigenvalue weighted by Crippen LogP contribution is 2.40. The van der Waals surface area contributed by atoms with Crippen molar-refractivity contribution in [2.24, 2.45) is 0 Å². The molecule has 140 valence electrons. The van der Waals surface area contributed by atoms with Gasteiger partial charge in [-0.1, -0.05) is 18.6 Å². The fourth-order valence-corrected chi connectivity index (χ4v) is 4.64. The van der Waals surface area contributed by atoms with Crippen LogP contribution < -0.4 is 0 Å². The number of aliphatic carboxylic acids is 1. The van der Waals surface area contributed by atoms with Crippen molar-refractivity contribution < 1.29 is 23.1 Å². The third kappa shape index (κ3) is 3.78.